The molecule has 0 radical (unpaired) electrons. The Balaban J connectivity index is 3.37. The Morgan fingerprint density at radius 2 is 0.595 bits per heavy atom. The summed E-state index contributed by atoms with van der Waals surface area (Å²) in [6, 6.07) is 0. The molecule has 0 aliphatic carbocycles. The summed E-state index contributed by atoms with van der Waals surface area (Å²) in [6.45, 7) is 6.96. The van der Waals surface area contributed by atoms with Crippen LogP contribution in [0.4, 0.5) is 0 Å². The Bertz CT molecular complexity index is 514. The molecule has 0 saturated carbocycles. The smallest absolute Gasteiger partial charge is 0.306 e. The second kappa shape index (κ2) is 35.0. The summed E-state index contributed by atoms with van der Waals surface area (Å²) >= 11 is 0. The van der Waals surface area contributed by atoms with Gasteiger partial charge < -0.3 is 5.11 Å². The maximum Gasteiger partial charge on any atom is 0.306 e. The molecule has 1 atom stereocenters. The van der Waals surface area contributed by atoms with Crippen LogP contribution in [0.25, 0.3) is 0 Å². The van der Waals surface area contributed by atoms with Gasteiger partial charge in [-0.05, 0) is 18.8 Å². The van der Waals surface area contributed by atoms with Crippen molar-refractivity contribution < 1.29 is 9.90 Å². The molecule has 2 nitrogen and oxygen atoms in total. The fourth-order valence-corrected chi connectivity index (χ4v) is 6.57. The van der Waals surface area contributed by atoms with E-state index in [1.54, 1.807) is 0 Å². The number of unbranched alkanes of at least 4 members (excludes halogenated alkanes) is 29. The minimum absolute atomic E-state index is 0.100. The summed E-state index contributed by atoms with van der Waals surface area (Å²) in [6.07, 6.45) is 45.8. The molecule has 0 saturated heterocycles. The van der Waals surface area contributed by atoms with Crippen LogP contribution >= 0.6 is 0 Å². The van der Waals surface area contributed by atoms with Gasteiger partial charge in [-0.25, -0.2) is 0 Å². The first-order valence-corrected chi connectivity index (χ1v) is 19.8. The van der Waals surface area contributed by atoms with Crippen LogP contribution in [-0.4, -0.2) is 11.1 Å². The van der Waals surface area contributed by atoms with Gasteiger partial charge in [0.15, 0.2) is 0 Å². The fraction of sp³-hybridized carbons (Fsp3) is 0.975. The number of carboxylic acid groups (broad SMARTS) is 1. The van der Waals surface area contributed by atoms with E-state index in [1.165, 1.54) is 193 Å². The van der Waals surface area contributed by atoms with Crippen molar-refractivity contribution in [1.82, 2.24) is 0 Å². The van der Waals surface area contributed by atoms with Gasteiger partial charge in [0.25, 0.3) is 0 Å². The molecule has 1 N–H and O–H groups in total. The number of hydrogen-bond donors (Lipinski definition) is 1. The lowest BCUT2D eigenvalue weighted by molar-refractivity contribution is -0.142. The molecule has 0 heterocycles. The summed E-state index contributed by atoms with van der Waals surface area (Å²) < 4.78 is 0. The van der Waals surface area contributed by atoms with Crippen LogP contribution in [0.1, 0.15) is 239 Å². The normalized spacial score (nSPS) is 12.4. The lowest BCUT2D eigenvalue weighted by atomic mass is 9.94. The summed E-state index contributed by atoms with van der Waals surface area (Å²) in [5.74, 6) is 0.219. The summed E-state index contributed by atoms with van der Waals surface area (Å²) in [7, 11) is 0. The zero-order chi connectivity index (χ0) is 30.8. The Morgan fingerprint density at radius 3 is 0.810 bits per heavy atom. The highest BCUT2D eigenvalue weighted by molar-refractivity contribution is 5.69. The Morgan fingerprint density at radius 1 is 0.381 bits per heavy atom. The third-order valence-electron chi connectivity index (χ3n) is 9.59. The Labute approximate surface area is 266 Å². The van der Waals surface area contributed by atoms with Crippen molar-refractivity contribution in [2.75, 3.05) is 0 Å². The highest BCUT2D eigenvalue weighted by Gasteiger charge is 2.16. The molecular weight excluding hydrogens is 512 g/mol. The van der Waals surface area contributed by atoms with Gasteiger partial charge in [-0.2, -0.15) is 0 Å². The molecule has 0 aromatic heterocycles. The molecule has 0 aromatic carbocycles. The molecular formula is C40H80O2. The predicted molar refractivity (Wildman–Crippen MR) is 189 cm³/mol. The van der Waals surface area contributed by atoms with E-state index in [4.69, 9.17) is 0 Å². The van der Waals surface area contributed by atoms with Crippen LogP contribution in [0.3, 0.4) is 0 Å². The third kappa shape index (κ3) is 34.0. The SMILES string of the molecule is CCCCCCCCCCCCCCCCCCC(CCCCCCCCCCCCCCCCCC(C)C)C(=O)O. The second-order valence-electron chi connectivity index (χ2n) is 14.4. The quantitative estimate of drug-likeness (QED) is 0.0735. The second-order valence-corrected chi connectivity index (χ2v) is 14.4. The van der Waals surface area contributed by atoms with E-state index in [-0.39, 0.29) is 5.92 Å². The first kappa shape index (κ1) is 41.5. The van der Waals surface area contributed by atoms with Gasteiger partial charge in [0.2, 0.25) is 0 Å². The average molecular weight is 593 g/mol. The maximum atomic E-state index is 11.7. The van der Waals surface area contributed by atoms with E-state index < -0.39 is 5.97 Å². The van der Waals surface area contributed by atoms with Gasteiger partial charge in [0.05, 0.1) is 5.92 Å². The zero-order valence-corrected chi connectivity index (χ0v) is 29.6. The van der Waals surface area contributed by atoms with Gasteiger partial charge in [-0.3, -0.25) is 4.79 Å². The molecule has 1 unspecified atom stereocenters. The molecule has 0 aliphatic heterocycles. The summed E-state index contributed by atoms with van der Waals surface area (Å²) in [5.41, 5.74) is 0. The van der Waals surface area contributed by atoms with Gasteiger partial charge in [-0.1, -0.05) is 226 Å². The molecule has 252 valence electrons. The van der Waals surface area contributed by atoms with Crippen molar-refractivity contribution in [3.63, 3.8) is 0 Å². The van der Waals surface area contributed by atoms with Gasteiger partial charge in [0, 0.05) is 0 Å². The van der Waals surface area contributed by atoms with Crippen molar-refractivity contribution in [3.8, 4) is 0 Å². The number of carboxylic acids is 1. The molecule has 0 aromatic rings. The first-order valence-electron chi connectivity index (χ1n) is 19.8. The van der Waals surface area contributed by atoms with E-state index in [9.17, 15) is 9.90 Å². The lowest BCUT2D eigenvalue weighted by Crippen LogP contribution is -2.13. The number of aliphatic carboxylic acids is 1. The molecule has 0 bridgehead atoms. The van der Waals surface area contributed by atoms with E-state index in [0.29, 0.717) is 0 Å². The van der Waals surface area contributed by atoms with Crippen LogP contribution in [0.5, 0.6) is 0 Å². The molecule has 0 rings (SSSR count). The van der Waals surface area contributed by atoms with Crippen LogP contribution in [0, 0.1) is 11.8 Å². The monoisotopic (exact) mass is 593 g/mol. The summed E-state index contributed by atoms with van der Waals surface area (Å²) in [4.78, 5) is 11.7. The molecule has 0 fully saturated rings. The fourth-order valence-electron chi connectivity index (χ4n) is 6.57. The number of carbonyl (C=O) groups is 1. The predicted octanol–water partition coefficient (Wildman–Crippen LogP) is 14.6. The molecule has 0 amide bonds. The summed E-state index contributed by atoms with van der Waals surface area (Å²) in [5, 5.41) is 9.64. The van der Waals surface area contributed by atoms with E-state index in [1.807, 2.05) is 0 Å². The van der Waals surface area contributed by atoms with Crippen molar-refractivity contribution >= 4 is 5.97 Å². The molecule has 0 spiro atoms. The first-order chi connectivity index (χ1) is 20.6. The van der Waals surface area contributed by atoms with Crippen molar-refractivity contribution in [1.29, 1.82) is 0 Å². The van der Waals surface area contributed by atoms with Gasteiger partial charge >= 0.3 is 5.97 Å². The Kier molecular flexibility index (Phi) is 34.5. The minimum Gasteiger partial charge on any atom is -0.481 e. The highest BCUT2D eigenvalue weighted by atomic mass is 16.4. The van der Waals surface area contributed by atoms with E-state index in [0.717, 1.165) is 31.6 Å². The van der Waals surface area contributed by atoms with E-state index >= 15 is 0 Å². The van der Waals surface area contributed by atoms with Gasteiger partial charge in [-0.15, -0.1) is 0 Å². The highest BCUT2D eigenvalue weighted by Crippen LogP contribution is 2.21. The van der Waals surface area contributed by atoms with Crippen LogP contribution in [0.2, 0.25) is 0 Å². The lowest BCUT2D eigenvalue weighted by Gasteiger charge is -2.12. The largest absolute Gasteiger partial charge is 0.481 e. The minimum atomic E-state index is -0.554. The third-order valence-corrected chi connectivity index (χ3v) is 9.59. The zero-order valence-electron chi connectivity index (χ0n) is 29.6. The molecule has 0 aliphatic rings. The maximum absolute atomic E-state index is 11.7. The number of rotatable bonds is 36. The Hall–Kier alpha value is -0.530. The van der Waals surface area contributed by atoms with Crippen molar-refractivity contribution in [2.24, 2.45) is 11.8 Å². The van der Waals surface area contributed by atoms with Crippen molar-refractivity contribution in [2.45, 2.75) is 239 Å². The van der Waals surface area contributed by atoms with Crippen LogP contribution in [0.15, 0.2) is 0 Å². The topological polar surface area (TPSA) is 37.3 Å². The van der Waals surface area contributed by atoms with Gasteiger partial charge in [0.1, 0.15) is 0 Å². The molecule has 2 heteroatoms. The van der Waals surface area contributed by atoms with Crippen molar-refractivity contribution in [3.05, 3.63) is 0 Å². The van der Waals surface area contributed by atoms with Crippen LogP contribution < -0.4 is 0 Å². The number of hydrogen-bond acceptors (Lipinski definition) is 1. The van der Waals surface area contributed by atoms with E-state index in [2.05, 4.69) is 20.8 Å². The molecule has 42 heavy (non-hydrogen) atoms. The standard InChI is InChI=1S/C40H80O2/c1-4-5-6-7-8-9-10-11-12-15-18-21-24-27-30-33-36-39(40(41)42)37-34-31-28-25-22-19-16-13-14-17-20-23-26-29-32-35-38(2)3/h38-39H,4-37H2,1-3H3,(H,41,42). The van der Waals surface area contributed by atoms with Crippen LogP contribution in [-0.2, 0) is 4.79 Å². The average Bonchev–Trinajstić information content (AvgIpc) is 2.97.